The quantitative estimate of drug-likeness (QED) is 0.683. The van der Waals surface area contributed by atoms with E-state index < -0.39 is 46.3 Å². The average molecular weight is 407 g/mol. The van der Waals surface area contributed by atoms with E-state index in [4.69, 9.17) is 4.74 Å². The van der Waals surface area contributed by atoms with Gasteiger partial charge in [-0.2, -0.15) is 0 Å². The Hall–Kier alpha value is -1.27. The van der Waals surface area contributed by atoms with Crippen LogP contribution < -0.4 is 0 Å². The molecular formula is C23H34O6. The summed E-state index contributed by atoms with van der Waals surface area (Å²) in [6.45, 7) is 9.26. The fourth-order valence-corrected chi connectivity index (χ4v) is 8.00. The van der Waals surface area contributed by atoms with Gasteiger partial charge in [-0.1, -0.05) is 34.1 Å². The van der Waals surface area contributed by atoms with Gasteiger partial charge in [-0.3, -0.25) is 14.4 Å². The maximum Gasteiger partial charge on any atom is 0.302 e. The van der Waals surface area contributed by atoms with Crippen LogP contribution in [0.25, 0.3) is 0 Å². The minimum Gasteiger partial charge on any atom is -0.465 e. The van der Waals surface area contributed by atoms with Crippen LogP contribution in [0.5, 0.6) is 0 Å². The molecule has 0 amide bonds. The Morgan fingerprint density at radius 3 is 2.41 bits per heavy atom. The molecule has 0 saturated heterocycles. The number of carbonyl (C=O) groups excluding carboxylic acids is 3. The van der Waals surface area contributed by atoms with Crippen LogP contribution in [0.4, 0.5) is 0 Å². The molecular weight excluding hydrogens is 372 g/mol. The van der Waals surface area contributed by atoms with Crippen molar-refractivity contribution in [2.24, 2.45) is 39.4 Å². The number of aliphatic hydroxyl groups is 2. The van der Waals surface area contributed by atoms with E-state index in [0.717, 1.165) is 12.8 Å². The summed E-state index contributed by atoms with van der Waals surface area (Å²) in [4.78, 5) is 39.1. The lowest BCUT2D eigenvalue weighted by molar-refractivity contribution is -0.235. The summed E-state index contributed by atoms with van der Waals surface area (Å²) < 4.78 is 5.53. The lowest BCUT2D eigenvalue weighted by Gasteiger charge is -2.64. The number of aliphatic hydroxyl groups excluding tert-OH is 2. The largest absolute Gasteiger partial charge is 0.465 e. The van der Waals surface area contributed by atoms with Gasteiger partial charge in [-0.05, 0) is 30.6 Å². The third-order valence-electron chi connectivity index (χ3n) is 9.23. The predicted octanol–water partition coefficient (Wildman–Crippen LogP) is 2.29. The molecule has 2 N–H and O–H groups in total. The number of Topliss-reactive ketones (excluding diaryl/α,β-unsaturated/α-hetero) is 2. The average Bonchev–Trinajstić information content (AvgIpc) is 2.70. The van der Waals surface area contributed by atoms with Crippen molar-refractivity contribution >= 4 is 17.5 Å². The maximum absolute atomic E-state index is 13.8. The van der Waals surface area contributed by atoms with Crippen molar-refractivity contribution < 1.29 is 29.3 Å². The highest BCUT2D eigenvalue weighted by Crippen LogP contribution is 2.72. The van der Waals surface area contributed by atoms with E-state index in [-0.39, 0.29) is 35.9 Å². The van der Waals surface area contributed by atoms with Crippen molar-refractivity contribution in [3.63, 3.8) is 0 Å². The first-order valence-corrected chi connectivity index (χ1v) is 10.9. The Morgan fingerprint density at radius 2 is 1.79 bits per heavy atom. The second kappa shape index (κ2) is 6.13. The first-order valence-electron chi connectivity index (χ1n) is 10.9. The SMILES string of the molecule is CC(=O)OC[C@@]12CCCC(C)(C)[C@H]1C[C@@H](O)[C@]13C(=O)C(C)(C)[C@H](CC(=O)[C@@H]21)[C@H]3O. The lowest BCUT2D eigenvalue weighted by atomic mass is 9.39. The highest BCUT2D eigenvalue weighted by atomic mass is 16.5. The third kappa shape index (κ3) is 2.39. The summed E-state index contributed by atoms with van der Waals surface area (Å²) in [7, 11) is 0. The normalized spacial score (nSPS) is 47.3. The van der Waals surface area contributed by atoms with Gasteiger partial charge in [-0.25, -0.2) is 0 Å². The molecule has 4 rings (SSSR count). The molecule has 1 spiro atoms. The molecule has 4 saturated carbocycles. The van der Waals surface area contributed by atoms with E-state index in [1.165, 1.54) is 6.92 Å². The van der Waals surface area contributed by atoms with Crippen molar-refractivity contribution in [2.75, 3.05) is 6.61 Å². The van der Waals surface area contributed by atoms with Crippen LogP contribution in [-0.4, -0.2) is 46.6 Å². The molecule has 0 heterocycles. The van der Waals surface area contributed by atoms with Crippen LogP contribution in [0.1, 0.15) is 66.7 Å². The van der Waals surface area contributed by atoms with Gasteiger partial charge in [0.15, 0.2) is 5.78 Å². The Bertz CT molecular complexity index is 769. The second-order valence-electron chi connectivity index (χ2n) is 11.3. The summed E-state index contributed by atoms with van der Waals surface area (Å²) in [6.07, 6.45) is 0.809. The summed E-state index contributed by atoms with van der Waals surface area (Å²) in [6, 6.07) is 0. The molecule has 6 nitrogen and oxygen atoms in total. The van der Waals surface area contributed by atoms with Crippen LogP contribution in [-0.2, 0) is 19.1 Å². The summed E-state index contributed by atoms with van der Waals surface area (Å²) in [5, 5.41) is 22.8. The first-order chi connectivity index (χ1) is 13.3. The molecule has 0 aromatic carbocycles. The topological polar surface area (TPSA) is 101 Å². The van der Waals surface area contributed by atoms with E-state index in [9.17, 15) is 24.6 Å². The highest BCUT2D eigenvalue weighted by molar-refractivity contribution is 6.03. The maximum atomic E-state index is 13.8. The van der Waals surface area contributed by atoms with E-state index in [0.29, 0.717) is 12.8 Å². The van der Waals surface area contributed by atoms with Crippen molar-refractivity contribution in [2.45, 2.75) is 78.9 Å². The molecule has 0 aromatic rings. The van der Waals surface area contributed by atoms with Gasteiger partial charge in [-0.15, -0.1) is 0 Å². The first kappa shape index (κ1) is 21.0. The minimum atomic E-state index is -1.49. The predicted molar refractivity (Wildman–Crippen MR) is 105 cm³/mol. The highest BCUT2D eigenvalue weighted by Gasteiger charge is 2.79. The van der Waals surface area contributed by atoms with Crippen LogP contribution in [0, 0.1) is 39.4 Å². The Balaban J connectivity index is 1.94. The van der Waals surface area contributed by atoms with Crippen molar-refractivity contribution in [1.29, 1.82) is 0 Å². The summed E-state index contributed by atoms with van der Waals surface area (Å²) in [5.74, 6) is -2.04. The van der Waals surface area contributed by atoms with Crippen LogP contribution >= 0.6 is 0 Å². The molecule has 29 heavy (non-hydrogen) atoms. The fraction of sp³-hybridized carbons (Fsp3) is 0.870. The van der Waals surface area contributed by atoms with Crippen LogP contribution in [0.15, 0.2) is 0 Å². The monoisotopic (exact) mass is 406 g/mol. The minimum absolute atomic E-state index is 0.0619. The molecule has 162 valence electrons. The number of rotatable bonds is 2. The van der Waals surface area contributed by atoms with Gasteiger partial charge in [0.25, 0.3) is 0 Å². The van der Waals surface area contributed by atoms with Crippen molar-refractivity contribution in [3.05, 3.63) is 0 Å². The molecule has 0 unspecified atom stereocenters. The zero-order chi connectivity index (χ0) is 21.6. The molecule has 6 heteroatoms. The molecule has 0 radical (unpaired) electrons. The van der Waals surface area contributed by atoms with E-state index >= 15 is 0 Å². The Kier molecular flexibility index (Phi) is 4.43. The number of fused-ring (bicyclic) bond motifs is 3. The summed E-state index contributed by atoms with van der Waals surface area (Å²) >= 11 is 0. The molecule has 4 aliphatic carbocycles. The fourth-order valence-electron chi connectivity index (χ4n) is 8.00. The second-order valence-corrected chi connectivity index (χ2v) is 11.3. The molecule has 2 bridgehead atoms. The molecule has 0 aliphatic heterocycles. The Morgan fingerprint density at radius 1 is 1.14 bits per heavy atom. The number of hydrogen-bond acceptors (Lipinski definition) is 6. The van der Waals surface area contributed by atoms with E-state index in [2.05, 4.69) is 13.8 Å². The van der Waals surface area contributed by atoms with E-state index in [1.54, 1.807) is 13.8 Å². The zero-order valence-electron chi connectivity index (χ0n) is 18.2. The molecule has 4 fully saturated rings. The number of ether oxygens (including phenoxy) is 1. The number of ketones is 2. The lowest BCUT2D eigenvalue weighted by Crippen LogP contribution is -2.71. The summed E-state index contributed by atoms with van der Waals surface area (Å²) in [5.41, 5.74) is -3.26. The molecule has 4 aliphatic rings. The zero-order valence-corrected chi connectivity index (χ0v) is 18.2. The van der Waals surface area contributed by atoms with Gasteiger partial charge < -0.3 is 14.9 Å². The number of esters is 1. The van der Waals surface area contributed by atoms with Gasteiger partial charge in [0.05, 0.1) is 24.2 Å². The molecule has 7 atom stereocenters. The van der Waals surface area contributed by atoms with Crippen LogP contribution in [0.3, 0.4) is 0 Å². The van der Waals surface area contributed by atoms with Gasteiger partial charge in [0, 0.05) is 36.0 Å². The number of carbonyl (C=O) groups is 3. The van der Waals surface area contributed by atoms with Gasteiger partial charge in [0.1, 0.15) is 5.78 Å². The number of hydrogen-bond donors (Lipinski definition) is 2. The Labute approximate surface area is 172 Å². The van der Waals surface area contributed by atoms with Gasteiger partial charge in [0.2, 0.25) is 0 Å². The smallest absolute Gasteiger partial charge is 0.302 e. The van der Waals surface area contributed by atoms with Crippen molar-refractivity contribution in [1.82, 2.24) is 0 Å². The van der Waals surface area contributed by atoms with Crippen LogP contribution in [0.2, 0.25) is 0 Å². The van der Waals surface area contributed by atoms with E-state index in [1.807, 2.05) is 0 Å². The van der Waals surface area contributed by atoms with Crippen molar-refractivity contribution in [3.8, 4) is 0 Å². The third-order valence-corrected chi connectivity index (χ3v) is 9.23. The van der Waals surface area contributed by atoms with Gasteiger partial charge >= 0.3 is 5.97 Å². The standard InChI is InChI=1S/C23H34O6/c1-12(24)29-11-22-8-6-7-20(2,3)15(22)10-16(26)23-17(22)14(25)9-13(18(23)27)21(4,5)19(23)28/h13,15-18,26-27H,6-11H2,1-5H3/t13-,15-,16-,17+,18-,22+,23+/m1/s1. The molecule has 0 aromatic heterocycles.